The Morgan fingerprint density at radius 1 is 1.22 bits per heavy atom. The number of hydrogen-bond acceptors (Lipinski definition) is 4. The van der Waals surface area contributed by atoms with Gasteiger partial charge in [-0.15, -0.1) is 0 Å². The fourth-order valence-corrected chi connectivity index (χ4v) is 3.97. The minimum absolute atomic E-state index is 0.0879. The van der Waals surface area contributed by atoms with Gasteiger partial charge in [0.1, 0.15) is 11.4 Å². The molecule has 0 radical (unpaired) electrons. The monoisotopic (exact) mass is 317 g/mol. The second kappa shape index (κ2) is 6.80. The number of benzene rings is 1. The third-order valence-electron chi connectivity index (χ3n) is 5.43. The molecule has 0 unspecified atom stereocenters. The lowest BCUT2D eigenvalue weighted by molar-refractivity contribution is -0.0380. The van der Waals surface area contributed by atoms with Crippen molar-refractivity contribution in [2.24, 2.45) is 0 Å². The van der Waals surface area contributed by atoms with E-state index in [1.54, 1.807) is 0 Å². The molecule has 2 atom stereocenters. The standard InChI is InChI=1S/C19H27NO3/c1-2-7-18-16(6-1)17(13-19(23-18)8-4-9-19)20-10-12-21-14-15-5-3-11-22-15/h1-2,6-7,15,17,20H,3-5,8-14H2/t15-,17+/m1/s1. The second-order valence-electron chi connectivity index (χ2n) is 7.10. The maximum Gasteiger partial charge on any atom is 0.124 e. The van der Waals surface area contributed by atoms with E-state index in [2.05, 4.69) is 29.6 Å². The molecule has 1 aromatic carbocycles. The Balaban J connectivity index is 1.29. The average molecular weight is 317 g/mol. The van der Waals surface area contributed by atoms with Gasteiger partial charge < -0.3 is 19.5 Å². The van der Waals surface area contributed by atoms with Gasteiger partial charge in [-0.3, -0.25) is 0 Å². The summed E-state index contributed by atoms with van der Waals surface area (Å²) >= 11 is 0. The van der Waals surface area contributed by atoms with Crippen molar-refractivity contribution in [2.75, 3.05) is 26.4 Å². The van der Waals surface area contributed by atoms with Crippen LogP contribution < -0.4 is 10.1 Å². The summed E-state index contributed by atoms with van der Waals surface area (Å²) in [6, 6.07) is 8.84. The molecule has 0 amide bonds. The molecular weight excluding hydrogens is 290 g/mol. The SMILES string of the molecule is c1ccc2c(c1)OC1(CCC1)C[C@@H]2NCCOC[C@H]1CCCO1. The van der Waals surface area contributed by atoms with Crippen molar-refractivity contribution in [3.63, 3.8) is 0 Å². The fraction of sp³-hybridized carbons (Fsp3) is 0.684. The molecule has 1 aliphatic carbocycles. The van der Waals surface area contributed by atoms with Gasteiger partial charge >= 0.3 is 0 Å². The number of fused-ring (bicyclic) bond motifs is 1. The molecule has 1 saturated heterocycles. The van der Waals surface area contributed by atoms with E-state index in [4.69, 9.17) is 14.2 Å². The molecule has 1 spiro atoms. The van der Waals surface area contributed by atoms with E-state index < -0.39 is 0 Å². The third-order valence-corrected chi connectivity index (χ3v) is 5.43. The smallest absolute Gasteiger partial charge is 0.124 e. The first kappa shape index (κ1) is 15.4. The van der Waals surface area contributed by atoms with Crippen LogP contribution >= 0.6 is 0 Å². The summed E-state index contributed by atoms with van der Waals surface area (Å²) in [6.07, 6.45) is 7.38. The van der Waals surface area contributed by atoms with E-state index in [1.165, 1.54) is 31.2 Å². The van der Waals surface area contributed by atoms with Crippen molar-refractivity contribution >= 4 is 0 Å². The zero-order chi connectivity index (χ0) is 15.5. The first-order valence-electron chi connectivity index (χ1n) is 9.05. The van der Waals surface area contributed by atoms with E-state index >= 15 is 0 Å². The Morgan fingerprint density at radius 3 is 2.91 bits per heavy atom. The van der Waals surface area contributed by atoms with Crippen molar-refractivity contribution < 1.29 is 14.2 Å². The normalized spacial score (nSPS) is 28.2. The summed E-state index contributed by atoms with van der Waals surface area (Å²) in [5.41, 5.74) is 1.38. The Morgan fingerprint density at radius 2 is 2.13 bits per heavy atom. The van der Waals surface area contributed by atoms with Gasteiger partial charge in [0.25, 0.3) is 0 Å². The van der Waals surface area contributed by atoms with Crippen molar-refractivity contribution in [1.29, 1.82) is 0 Å². The molecule has 3 aliphatic rings. The van der Waals surface area contributed by atoms with Gasteiger partial charge in [-0.2, -0.15) is 0 Å². The molecule has 1 N–H and O–H groups in total. The summed E-state index contributed by atoms with van der Waals surface area (Å²) in [6.45, 7) is 3.25. The van der Waals surface area contributed by atoms with Crippen LogP contribution in [0.5, 0.6) is 5.75 Å². The van der Waals surface area contributed by atoms with Crippen molar-refractivity contribution in [1.82, 2.24) is 5.32 Å². The zero-order valence-corrected chi connectivity index (χ0v) is 13.8. The number of rotatable bonds is 6. The highest BCUT2D eigenvalue weighted by molar-refractivity contribution is 5.39. The summed E-state index contributed by atoms with van der Waals surface area (Å²) < 4.78 is 17.6. The first-order chi connectivity index (χ1) is 11.3. The van der Waals surface area contributed by atoms with Gasteiger partial charge in [0.2, 0.25) is 0 Å². The number of hydrogen-bond donors (Lipinski definition) is 1. The van der Waals surface area contributed by atoms with Gasteiger partial charge in [-0.05, 0) is 38.2 Å². The van der Waals surface area contributed by atoms with Crippen LogP contribution in [0.25, 0.3) is 0 Å². The van der Waals surface area contributed by atoms with Crippen LogP contribution in [-0.4, -0.2) is 38.1 Å². The molecule has 2 fully saturated rings. The molecule has 23 heavy (non-hydrogen) atoms. The predicted octanol–water partition coefficient (Wildman–Crippen LogP) is 3.22. The Labute approximate surface area is 138 Å². The van der Waals surface area contributed by atoms with Crippen molar-refractivity contribution in [3.05, 3.63) is 29.8 Å². The molecule has 1 aromatic rings. The van der Waals surface area contributed by atoms with Crippen LogP contribution in [0, 0.1) is 0 Å². The van der Waals surface area contributed by atoms with Crippen LogP contribution in [0.4, 0.5) is 0 Å². The number of ether oxygens (including phenoxy) is 3. The van der Waals surface area contributed by atoms with Crippen LogP contribution in [0.2, 0.25) is 0 Å². The first-order valence-corrected chi connectivity index (χ1v) is 9.05. The molecular formula is C19H27NO3. The van der Waals surface area contributed by atoms with Gasteiger partial charge in [0, 0.05) is 31.2 Å². The van der Waals surface area contributed by atoms with E-state index in [-0.39, 0.29) is 5.60 Å². The van der Waals surface area contributed by atoms with Crippen molar-refractivity contribution in [2.45, 2.75) is 56.3 Å². The lowest BCUT2D eigenvalue weighted by Crippen LogP contribution is -2.49. The Bertz CT molecular complexity index is 523. The number of para-hydroxylation sites is 1. The van der Waals surface area contributed by atoms with Crippen LogP contribution in [-0.2, 0) is 9.47 Å². The maximum atomic E-state index is 6.29. The molecule has 126 valence electrons. The van der Waals surface area contributed by atoms with E-state index in [0.717, 1.165) is 45.0 Å². The quantitative estimate of drug-likeness (QED) is 0.818. The predicted molar refractivity (Wildman–Crippen MR) is 88.8 cm³/mol. The zero-order valence-electron chi connectivity index (χ0n) is 13.8. The molecule has 4 nitrogen and oxygen atoms in total. The van der Waals surface area contributed by atoms with E-state index in [9.17, 15) is 0 Å². The summed E-state index contributed by atoms with van der Waals surface area (Å²) in [5, 5.41) is 3.68. The Kier molecular flexibility index (Phi) is 4.56. The highest BCUT2D eigenvalue weighted by Crippen LogP contribution is 2.48. The topological polar surface area (TPSA) is 39.7 Å². The molecule has 2 heterocycles. The van der Waals surface area contributed by atoms with Crippen LogP contribution in [0.15, 0.2) is 24.3 Å². The lowest BCUT2D eigenvalue weighted by Gasteiger charge is -2.48. The van der Waals surface area contributed by atoms with Gasteiger partial charge in [0.05, 0.1) is 19.3 Å². The van der Waals surface area contributed by atoms with Crippen LogP contribution in [0.3, 0.4) is 0 Å². The Hall–Kier alpha value is -1.10. The fourth-order valence-electron chi connectivity index (χ4n) is 3.97. The average Bonchev–Trinajstić information content (AvgIpc) is 3.06. The lowest BCUT2D eigenvalue weighted by atomic mass is 9.73. The van der Waals surface area contributed by atoms with Crippen LogP contribution in [0.1, 0.15) is 50.1 Å². The molecule has 4 heteroatoms. The summed E-state index contributed by atoms with van der Waals surface area (Å²) in [4.78, 5) is 0. The summed E-state index contributed by atoms with van der Waals surface area (Å²) in [7, 11) is 0. The second-order valence-corrected chi connectivity index (χ2v) is 7.10. The molecule has 1 saturated carbocycles. The van der Waals surface area contributed by atoms with E-state index in [0.29, 0.717) is 12.1 Å². The molecule has 4 rings (SSSR count). The third kappa shape index (κ3) is 3.39. The minimum Gasteiger partial charge on any atom is -0.487 e. The molecule has 2 aliphatic heterocycles. The minimum atomic E-state index is 0.0879. The van der Waals surface area contributed by atoms with E-state index in [1.807, 2.05) is 0 Å². The van der Waals surface area contributed by atoms with Crippen molar-refractivity contribution in [3.8, 4) is 5.75 Å². The van der Waals surface area contributed by atoms with Gasteiger partial charge in [-0.25, -0.2) is 0 Å². The van der Waals surface area contributed by atoms with Gasteiger partial charge in [-0.1, -0.05) is 18.2 Å². The molecule has 0 aromatic heterocycles. The number of nitrogens with one attached hydrogen (secondary N) is 1. The maximum absolute atomic E-state index is 6.29. The largest absolute Gasteiger partial charge is 0.487 e. The highest BCUT2D eigenvalue weighted by Gasteiger charge is 2.45. The van der Waals surface area contributed by atoms with Gasteiger partial charge in [0.15, 0.2) is 0 Å². The highest BCUT2D eigenvalue weighted by atomic mass is 16.5. The molecule has 0 bridgehead atoms. The summed E-state index contributed by atoms with van der Waals surface area (Å²) in [5.74, 6) is 1.07.